The van der Waals surface area contributed by atoms with Gasteiger partial charge in [-0.05, 0) is 56.1 Å². The lowest BCUT2D eigenvalue weighted by molar-refractivity contribution is -0.112. The highest BCUT2D eigenvalue weighted by Crippen LogP contribution is 2.44. The molecule has 5 heteroatoms. The molecule has 1 aromatic rings. The van der Waals surface area contributed by atoms with Gasteiger partial charge in [0.25, 0.3) is 0 Å². The van der Waals surface area contributed by atoms with Crippen molar-refractivity contribution in [2.24, 2.45) is 11.8 Å². The molecule has 0 radical (unpaired) electrons. The summed E-state index contributed by atoms with van der Waals surface area (Å²) in [5, 5.41) is 3.07. The Labute approximate surface area is 150 Å². The molecule has 2 saturated carbocycles. The quantitative estimate of drug-likeness (QED) is 0.759. The number of alkyl carbamates (subject to hydrolysis) is 1. The molecule has 0 aliphatic heterocycles. The van der Waals surface area contributed by atoms with Crippen LogP contribution < -0.4 is 5.32 Å². The van der Waals surface area contributed by atoms with Crippen LogP contribution in [0.2, 0.25) is 0 Å². The van der Waals surface area contributed by atoms with Crippen LogP contribution in [0.3, 0.4) is 0 Å². The maximum atomic E-state index is 12.4. The van der Waals surface area contributed by atoms with Crippen LogP contribution in [0.5, 0.6) is 0 Å². The number of rotatable bonds is 7. The summed E-state index contributed by atoms with van der Waals surface area (Å²) in [5.74, 6) is 1.42. The van der Waals surface area contributed by atoms with Crippen LogP contribution in [0.4, 0.5) is 4.79 Å². The molecule has 25 heavy (non-hydrogen) atoms. The van der Waals surface area contributed by atoms with Crippen LogP contribution in [-0.2, 0) is 14.2 Å². The Morgan fingerprint density at radius 1 is 1.28 bits per heavy atom. The van der Waals surface area contributed by atoms with Gasteiger partial charge >= 0.3 is 6.09 Å². The van der Waals surface area contributed by atoms with Gasteiger partial charge in [0.05, 0.1) is 0 Å². The minimum absolute atomic E-state index is 0.153. The first-order valence-corrected chi connectivity index (χ1v) is 9.21. The standard InChI is InChI=1S/C20H29NO4/c1-13-6-4-5-7-17(13)19(24-12-23-3)14(2)25-20(22)21-18-11-15-8-9-16(18)10-15/h4-7,14-16,18-19H,8-12H2,1-3H3,(H,21,22). The summed E-state index contributed by atoms with van der Waals surface area (Å²) in [5.41, 5.74) is 2.12. The van der Waals surface area contributed by atoms with Crippen LogP contribution in [-0.4, -0.2) is 32.1 Å². The van der Waals surface area contributed by atoms with Crippen molar-refractivity contribution in [3.8, 4) is 0 Å². The number of carbonyl (C=O) groups is 1. The van der Waals surface area contributed by atoms with E-state index in [2.05, 4.69) is 5.32 Å². The SMILES string of the molecule is COCOC(c1ccccc1C)C(C)OC(=O)NC1CC2CCC1C2. The third kappa shape index (κ3) is 4.33. The van der Waals surface area contributed by atoms with Gasteiger partial charge in [-0.2, -0.15) is 0 Å². The second kappa shape index (κ2) is 8.19. The van der Waals surface area contributed by atoms with E-state index in [1.54, 1.807) is 7.11 Å². The van der Waals surface area contributed by atoms with E-state index in [0.29, 0.717) is 5.92 Å². The summed E-state index contributed by atoms with van der Waals surface area (Å²) in [7, 11) is 1.59. The Balaban J connectivity index is 1.60. The lowest BCUT2D eigenvalue weighted by Gasteiger charge is -2.28. The Kier molecular flexibility index (Phi) is 5.97. The Morgan fingerprint density at radius 2 is 2.08 bits per heavy atom. The highest BCUT2D eigenvalue weighted by Gasteiger charge is 2.40. The fourth-order valence-electron chi connectivity index (χ4n) is 4.36. The molecule has 5 nitrogen and oxygen atoms in total. The summed E-state index contributed by atoms with van der Waals surface area (Å²) in [6.07, 6.45) is 3.79. The Bertz CT molecular complexity index is 591. The van der Waals surface area contributed by atoms with E-state index in [4.69, 9.17) is 14.2 Å². The number of nitrogens with one attached hydrogen (secondary N) is 1. The summed E-state index contributed by atoms with van der Waals surface area (Å²) >= 11 is 0. The highest BCUT2D eigenvalue weighted by molar-refractivity contribution is 5.68. The number of carbonyl (C=O) groups excluding carboxylic acids is 1. The number of ether oxygens (including phenoxy) is 3. The first-order valence-electron chi connectivity index (χ1n) is 9.21. The van der Waals surface area contributed by atoms with Crippen LogP contribution in [0, 0.1) is 18.8 Å². The molecule has 2 aliphatic rings. The zero-order chi connectivity index (χ0) is 17.8. The van der Waals surface area contributed by atoms with E-state index in [1.165, 1.54) is 19.3 Å². The van der Waals surface area contributed by atoms with Crippen LogP contribution in [0.25, 0.3) is 0 Å². The minimum atomic E-state index is -0.408. The maximum absolute atomic E-state index is 12.4. The normalized spacial score (nSPS) is 27.1. The number of hydrogen-bond donors (Lipinski definition) is 1. The molecule has 3 rings (SSSR count). The van der Waals surface area contributed by atoms with Crippen LogP contribution in [0.15, 0.2) is 24.3 Å². The van der Waals surface area contributed by atoms with Crippen molar-refractivity contribution in [1.29, 1.82) is 0 Å². The predicted molar refractivity (Wildman–Crippen MR) is 95.2 cm³/mol. The molecule has 0 spiro atoms. The molecule has 2 fully saturated rings. The molecule has 1 aromatic carbocycles. The summed E-state index contributed by atoms with van der Waals surface area (Å²) < 4.78 is 16.5. The number of methoxy groups -OCH3 is 1. The van der Waals surface area contributed by atoms with Gasteiger partial charge in [0, 0.05) is 13.2 Å². The van der Waals surface area contributed by atoms with Crippen molar-refractivity contribution < 1.29 is 19.0 Å². The van der Waals surface area contributed by atoms with Gasteiger partial charge < -0.3 is 19.5 Å². The van der Waals surface area contributed by atoms with Crippen LogP contribution >= 0.6 is 0 Å². The van der Waals surface area contributed by atoms with Crippen molar-refractivity contribution in [2.45, 2.75) is 57.8 Å². The van der Waals surface area contributed by atoms with Crippen molar-refractivity contribution in [3.63, 3.8) is 0 Å². The molecule has 5 unspecified atom stereocenters. The second-order valence-electron chi connectivity index (χ2n) is 7.39. The zero-order valence-corrected chi connectivity index (χ0v) is 15.4. The summed E-state index contributed by atoms with van der Waals surface area (Å²) in [6, 6.07) is 8.26. The average molecular weight is 347 g/mol. The molecule has 138 valence electrons. The first kappa shape index (κ1) is 18.2. The predicted octanol–water partition coefficient (Wildman–Crippen LogP) is 3.96. The van der Waals surface area contributed by atoms with Crippen LogP contribution in [0.1, 0.15) is 49.8 Å². The van der Waals surface area contributed by atoms with Gasteiger partial charge in [0.1, 0.15) is 19.0 Å². The first-order chi connectivity index (χ1) is 12.1. The third-order valence-electron chi connectivity index (χ3n) is 5.62. The van der Waals surface area contributed by atoms with E-state index in [0.717, 1.165) is 23.5 Å². The molecule has 2 bridgehead atoms. The molecule has 1 amide bonds. The van der Waals surface area contributed by atoms with E-state index in [9.17, 15) is 4.79 Å². The number of benzene rings is 1. The molecule has 1 N–H and O–H groups in total. The van der Waals surface area contributed by atoms with Gasteiger partial charge in [-0.1, -0.05) is 30.7 Å². The summed E-state index contributed by atoms with van der Waals surface area (Å²) in [6.45, 7) is 4.05. The van der Waals surface area contributed by atoms with Gasteiger partial charge in [-0.3, -0.25) is 0 Å². The van der Waals surface area contributed by atoms with E-state index < -0.39 is 6.10 Å². The zero-order valence-electron chi connectivity index (χ0n) is 15.4. The third-order valence-corrected chi connectivity index (χ3v) is 5.62. The average Bonchev–Trinajstić information content (AvgIpc) is 3.19. The largest absolute Gasteiger partial charge is 0.443 e. The highest BCUT2D eigenvalue weighted by atomic mass is 16.7. The summed E-state index contributed by atoms with van der Waals surface area (Å²) in [4.78, 5) is 12.4. The van der Waals surface area contributed by atoms with Crippen molar-refractivity contribution in [3.05, 3.63) is 35.4 Å². The Hall–Kier alpha value is -1.59. The van der Waals surface area contributed by atoms with Gasteiger partial charge in [0.15, 0.2) is 0 Å². The number of hydrogen-bond acceptors (Lipinski definition) is 4. The van der Waals surface area contributed by atoms with Gasteiger partial charge in [-0.25, -0.2) is 4.79 Å². The molecule has 0 aromatic heterocycles. The topological polar surface area (TPSA) is 56.8 Å². The fourth-order valence-corrected chi connectivity index (χ4v) is 4.36. The fraction of sp³-hybridized carbons (Fsp3) is 0.650. The molecule has 0 saturated heterocycles. The van der Waals surface area contributed by atoms with E-state index in [1.807, 2.05) is 38.1 Å². The van der Waals surface area contributed by atoms with Crippen molar-refractivity contribution in [1.82, 2.24) is 5.32 Å². The molecule has 0 heterocycles. The second-order valence-corrected chi connectivity index (χ2v) is 7.39. The number of amides is 1. The van der Waals surface area contributed by atoms with E-state index >= 15 is 0 Å². The van der Waals surface area contributed by atoms with Gasteiger partial charge in [-0.15, -0.1) is 0 Å². The number of aryl methyl sites for hydroxylation is 1. The smallest absolute Gasteiger partial charge is 0.407 e. The Morgan fingerprint density at radius 3 is 2.72 bits per heavy atom. The molecule has 5 atom stereocenters. The number of fused-ring (bicyclic) bond motifs is 2. The maximum Gasteiger partial charge on any atom is 0.407 e. The van der Waals surface area contributed by atoms with Crippen molar-refractivity contribution >= 4 is 6.09 Å². The van der Waals surface area contributed by atoms with E-state index in [-0.39, 0.29) is 25.0 Å². The molecule has 2 aliphatic carbocycles. The van der Waals surface area contributed by atoms with Crippen molar-refractivity contribution in [2.75, 3.05) is 13.9 Å². The monoisotopic (exact) mass is 347 g/mol. The lowest BCUT2D eigenvalue weighted by atomic mass is 9.96. The molecular weight excluding hydrogens is 318 g/mol. The lowest BCUT2D eigenvalue weighted by Crippen LogP contribution is -2.41. The molecular formula is C20H29NO4. The minimum Gasteiger partial charge on any atom is -0.443 e. The van der Waals surface area contributed by atoms with Gasteiger partial charge in [0.2, 0.25) is 0 Å².